The molecule has 1 heterocycles. The fourth-order valence-corrected chi connectivity index (χ4v) is 3.96. The molecule has 110 valence electrons. The van der Waals surface area contributed by atoms with Crippen LogP contribution in [0.2, 0.25) is 0 Å². The molecule has 1 fully saturated rings. The number of sulfonamides is 2. The molecule has 1 aromatic rings. The normalized spacial score (nSPS) is 17.6. The monoisotopic (exact) mass is 320 g/mol. The van der Waals surface area contributed by atoms with Crippen molar-refractivity contribution in [2.24, 2.45) is 11.1 Å². The quantitative estimate of drug-likeness (QED) is 0.733. The Labute approximate surface area is 115 Å². The topological polar surface area (TPSA) is 135 Å². The Morgan fingerprint density at radius 3 is 2.25 bits per heavy atom. The van der Waals surface area contributed by atoms with E-state index in [4.69, 9.17) is 10.2 Å². The molecule has 3 N–H and O–H groups in total. The van der Waals surface area contributed by atoms with Crippen LogP contribution in [-0.4, -0.2) is 45.3 Å². The second-order valence-electron chi connectivity index (χ2n) is 4.38. The first-order valence-corrected chi connectivity index (χ1v) is 8.47. The summed E-state index contributed by atoms with van der Waals surface area (Å²) in [7, 11) is -7.90. The van der Waals surface area contributed by atoms with Crippen molar-refractivity contribution >= 4 is 26.0 Å². The number of nitrogens with two attached hydrogens (primary N) is 1. The van der Waals surface area contributed by atoms with Gasteiger partial charge in [-0.3, -0.25) is 4.79 Å². The molecule has 20 heavy (non-hydrogen) atoms. The van der Waals surface area contributed by atoms with E-state index < -0.39 is 31.9 Å². The highest BCUT2D eigenvalue weighted by Crippen LogP contribution is 2.26. The third-order valence-corrected chi connectivity index (χ3v) is 5.71. The number of aliphatic carboxylic acids is 1. The summed E-state index contributed by atoms with van der Waals surface area (Å²) in [5.74, 6) is -1.79. The molecule has 8 nitrogen and oxygen atoms in total. The molecule has 0 radical (unpaired) electrons. The van der Waals surface area contributed by atoms with E-state index in [1.807, 2.05) is 0 Å². The Morgan fingerprint density at radius 2 is 1.75 bits per heavy atom. The lowest BCUT2D eigenvalue weighted by Crippen LogP contribution is -2.52. The van der Waals surface area contributed by atoms with Gasteiger partial charge in [-0.1, -0.05) is 6.07 Å². The van der Waals surface area contributed by atoms with Crippen LogP contribution in [0.25, 0.3) is 0 Å². The van der Waals surface area contributed by atoms with Gasteiger partial charge in [-0.2, -0.15) is 4.31 Å². The SMILES string of the molecule is NS(=O)(=O)c1cccc(S(=O)(=O)N2CC(C(=O)O)C2)c1. The van der Waals surface area contributed by atoms with E-state index in [-0.39, 0.29) is 22.9 Å². The van der Waals surface area contributed by atoms with Crippen molar-refractivity contribution in [1.82, 2.24) is 4.31 Å². The molecule has 0 spiro atoms. The van der Waals surface area contributed by atoms with Gasteiger partial charge in [0.15, 0.2) is 0 Å². The number of carbonyl (C=O) groups is 1. The summed E-state index contributed by atoms with van der Waals surface area (Å²) in [6.45, 7) is -0.255. The average Bonchev–Trinajstić information content (AvgIpc) is 2.25. The first kappa shape index (κ1) is 14.9. The smallest absolute Gasteiger partial charge is 0.309 e. The van der Waals surface area contributed by atoms with Crippen molar-refractivity contribution in [2.75, 3.05) is 13.1 Å². The van der Waals surface area contributed by atoms with Gasteiger partial charge in [0.25, 0.3) is 0 Å². The number of carboxylic acids is 1. The second kappa shape index (κ2) is 4.81. The highest BCUT2D eigenvalue weighted by atomic mass is 32.2. The number of rotatable bonds is 4. The maximum absolute atomic E-state index is 12.2. The Morgan fingerprint density at radius 1 is 1.20 bits per heavy atom. The molecule has 1 saturated heterocycles. The third kappa shape index (κ3) is 2.68. The lowest BCUT2D eigenvalue weighted by molar-refractivity contribution is -0.145. The van der Waals surface area contributed by atoms with Crippen molar-refractivity contribution in [2.45, 2.75) is 9.79 Å². The number of nitrogens with zero attached hydrogens (tertiary/aromatic N) is 1. The van der Waals surface area contributed by atoms with E-state index in [1.54, 1.807) is 0 Å². The number of carboxylic acid groups (broad SMARTS) is 1. The zero-order valence-corrected chi connectivity index (χ0v) is 11.8. The zero-order valence-electron chi connectivity index (χ0n) is 10.1. The average molecular weight is 320 g/mol. The van der Waals surface area contributed by atoms with Crippen LogP contribution >= 0.6 is 0 Å². The highest BCUT2D eigenvalue weighted by Gasteiger charge is 2.40. The minimum Gasteiger partial charge on any atom is -0.481 e. The summed E-state index contributed by atoms with van der Waals surface area (Å²) in [4.78, 5) is 10.1. The van der Waals surface area contributed by atoms with Gasteiger partial charge >= 0.3 is 5.97 Å². The Bertz CT molecular complexity index is 750. The van der Waals surface area contributed by atoms with Crippen LogP contribution in [0.5, 0.6) is 0 Å². The van der Waals surface area contributed by atoms with Crippen LogP contribution in [-0.2, 0) is 24.8 Å². The maximum atomic E-state index is 12.2. The number of benzene rings is 1. The van der Waals surface area contributed by atoms with E-state index in [9.17, 15) is 21.6 Å². The third-order valence-electron chi connectivity index (χ3n) is 2.97. The molecule has 2 rings (SSSR count). The molecule has 1 aromatic carbocycles. The van der Waals surface area contributed by atoms with Gasteiger partial charge in [0, 0.05) is 13.1 Å². The number of hydrogen-bond donors (Lipinski definition) is 2. The van der Waals surface area contributed by atoms with Crippen LogP contribution in [0, 0.1) is 5.92 Å². The van der Waals surface area contributed by atoms with Crippen molar-refractivity contribution in [3.63, 3.8) is 0 Å². The first-order valence-electron chi connectivity index (χ1n) is 5.48. The fraction of sp³-hybridized carbons (Fsp3) is 0.300. The summed E-state index contributed by atoms with van der Waals surface area (Å²) >= 11 is 0. The predicted molar refractivity (Wildman–Crippen MR) is 67.7 cm³/mol. The van der Waals surface area contributed by atoms with Gasteiger partial charge in [-0.05, 0) is 18.2 Å². The standard InChI is InChI=1S/C10H12N2O6S2/c11-19(15,16)8-2-1-3-9(4-8)20(17,18)12-5-7(6-12)10(13)14/h1-4,7H,5-6H2,(H,13,14)(H2,11,15,16). The minimum absolute atomic E-state index is 0.128. The molecule has 0 atom stereocenters. The maximum Gasteiger partial charge on any atom is 0.309 e. The van der Waals surface area contributed by atoms with E-state index in [0.717, 1.165) is 10.4 Å². The van der Waals surface area contributed by atoms with E-state index in [1.165, 1.54) is 18.2 Å². The molecular weight excluding hydrogens is 308 g/mol. The van der Waals surface area contributed by atoms with Crippen LogP contribution in [0.3, 0.4) is 0 Å². The number of primary sulfonamides is 1. The summed E-state index contributed by atoms with van der Waals surface area (Å²) in [5, 5.41) is 13.7. The van der Waals surface area contributed by atoms with Gasteiger partial charge in [-0.15, -0.1) is 0 Å². The molecule has 0 bridgehead atoms. The molecule has 0 aliphatic carbocycles. The second-order valence-corrected chi connectivity index (χ2v) is 7.88. The molecule has 1 aliphatic rings. The summed E-state index contributed by atoms with van der Waals surface area (Å²) in [6, 6.07) is 4.64. The summed E-state index contributed by atoms with van der Waals surface area (Å²) < 4.78 is 47.7. The molecule has 0 unspecified atom stereocenters. The minimum atomic E-state index is -4.00. The van der Waals surface area contributed by atoms with Gasteiger partial charge in [0.1, 0.15) is 0 Å². The van der Waals surface area contributed by atoms with Crippen LogP contribution in [0.15, 0.2) is 34.1 Å². The molecule has 10 heteroatoms. The Hall–Kier alpha value is -1.49. The molecule has 0 aromatic heterocycles. The van der Waals surface area contributed by atoms with Crippen molar-refractivity contribution in [1.29, 1.82) is 0 Å². The van der Waals surface area contributed by atoms with Crippen molar-refractivity contribution in [3.05, 3.63) is 24.3 Å². The van der Waals surface area contributed by atoms with Gasteiger partial charge in [0.2, 0.25) is 20.0 Å². The lowest BCUT2D eigenvalue weighted by atomic mass is 10.0. The van der Waals surface area contributed by atoms with Gasteiger partial charge in [0.05, 0.1) is 15.7 Å². The first-order chi connectivity index (χ1) is 9.12. The van der Waals surface area contributed by atoms with Crippen LogP contribution in [0.1, 0.15) is 0 Å². The van der Waals surface area contributed by atoms with E-state index >= 15 is 0 Å². The van der Waals surface area contributed by atoms with Gasteiger partial charge in [-0.25, -0.2) is 22.0 Å². The van der Waals surface area contributed by atoms with Crippen LogP contribution < -0.4 is 5.14 Å². The van der Waals surface area contributed by atoms with E-state index in [0.29, 0.717) is 0 Å². The van der Waals surface area contributed by atoms with E-state index in [2.05, 4.69) is 0 Å². The molecule has 1 aliphatic heterocycles. The van der Waals surface area contributed by atoms with Crippen LogP contribution in [0.4, 0.5) is 0 Å². The summed E-state index contributed by atoms with van der Waals surface area (Å²) in [6.07, 6.45) is 0. The molecule has 0 amide bonds. The molecular formula is C10H12N2O6S2. The zero-order chi connectivity index (χ0) is 15.1. The number of hydrogen-bond acceptors (Lipinski definition) is 5. The fourth-order valence-electron chi connectivity index (χ4n) is 1.75. The summed E-state index contributed by atoms with van der Waals surface area (Å²) in [5.41, 5.74) is 0. The Kier molecular flexibility index (Phi) is 3.58. The Balaban J connectivity index is 2.30. The lowest BCUT2D eigenvalue weighted by Gasteiger charge is -2.35. The largest absolute Gasteiger partial charge is 0.481 e. The molecule has 0 saturated carbocycles. The van der Waals surface area contributed by atoms with Crippen molar-refractivity contribution in [3.8, 4) is 0 Å². The van der Waals surface area contributed by atoms with Gasteiger partial charge < -0.3 is 5.11 Å². The predicted octanol–water partition coefficient (Wildman–Crippen LogP) is -0.961. The highest BCUT2D eigenvalue weighted by molar-refractivity contribution is 7.90. The van der Waals surface area contributed by atoms with Crippen molar-refractivity contribution < 1.29 is 26.7 Å².